The lowest BCUT2D eigenvalue weighted by Gasteiger charge is -2.25. The highest BCUT2D eigenvalue weighted by Gasteiger charge is 2.28. The van der Waals surface area contributed by atoms with E-state index in [9.17, 15) is 9.90 Å². The summed E-state index contributed by atoms with van der Waals surface area (Å²) in [6.45, 7) is 1.18. The van der Waals surface area contributed by atoms with E-state index in [1.54, 1.807) is 34.1 Å². The van der Waals surface area contributed by atoms with E-state index >= 15 is 0 Å². The number of aromatic nitrogens is 3. The molecular formula is C30H26N4O3. The highest BCUT2D eigenvalue weighted by Crippen LogP contribution is 2.38. The number of hydrogen-bond donors (Lipinski definition) is 1. The minimum atomic E-state index is -0.786. The van der Waals surface area contributed by atoms with Crippen molar-refractivity contribution in [2.75, 3.05) is 13.2 Å². The van der Waals surface area contributed by atoms with Crippen LogP contribution in [0.1, 0.15) is 44.6 Å². The van der Waals surface area contributed by atoms with Crippen LogP contribution in [0.25, 0.3) is 5.65 Å². The number of carbonyl (C=O) groups is 1. The first-order chi connectivity index (χ1) is 18.2. The summed E-state index contributed by atoms with van der Waals surface area (Å²) in [6, 6.07) is 27.6. The Morgan fingerprint density at radius 2 is 1.65 bits per heavy atom. The molecule has 0 saturated heterocycles. The number of ether oxygens (including phenoxy) is 1. The van der Waals surface area contributed by atoms with Gasteiger partial charge < -0.3 is 14.7 Å². The van der Waals surface area contributed by atoms with E-state index in [4.69, 9.17) is 4.74 Å². The molecule has 7 nitrogen and oxygen atoms in total. The fraction of sp³-hybridized carbons (Fsp3) is 0.167. The van der Waals surface area contributed by atoms with Gasteiger partial charge in [-0.15, -0.1) is 0 Å². The minimum absolute atomic E-state index is 0.150. The second-order valence-electron chi connectivity index (χ2n) is 9.13. The van der Waals surface area contributed by atoms with Crippen molar-refractivity contribution in [2.45, 2.75) is 18.6 Å². The molecule has 6 rings (SSSR count). The first kappa shape index (κ1) is 22.9. The van der Waals surface area contributed by atoms with Crippen LogP contribution in [0.2, 0.25) is 0 Å². The Morgan fingerprint density at radius 1 is 0.919 bits per heavy atom. The van der Waals surface area contributed by atoms with Crippen molar-refractivity contribution < 1.29 is 14.6 Å². The zero-order chi connectivity index (χ0) is 25.2. The molecule has 1 aliphatic rings. The zero-order valence-corrected chi connectivity index (χ0v) is 20.1. The van der Waals surface area contributed by atoms with Crippen molar-refractivity contribution in [1.82, 2.24) is 19.5 Å². The summed E-state index contributed by atoms with van der Waals surface area (Å²) < 4.78 is 7.58. The van der Waals surface area contributed by atoms with Crippen LogP contribution in [-0.2, 0) is 6.54 Å². The predicted octanol–water partition coefficient (Wildman–Crippen LogP) is 4.63. The quantitative estimate of drug-likeness (QED) is 0.389. The zero-order valence-electron chi connectivity index (χ0n) is 20.1. The van der Waals surface area contributed by atoms with E-state index in [1.165, 1.54) is 0 Å². The van der Waals surface area contributed by atoms with Crippen molar-refractivity contribution in [3.8, 4) is 5.75 Å². The first-order valence-electron chi connectivity index (χ1n) is 12.3. The van der Waals surface area contributed by atoms with Gasteiger partial charge in [0.25, 0.3) is 5.91 Å². The maximum Gasteiger partial charge on any atom is 0.259 e. The lowest BCUT2D eigenvalue weighted by Crippen LogP contribution is -2.32. The van der Waals surface area contributed by atoms with Gasteiger partial charge in [0, 0.05) is 30.4 Å². The smallest absolute Gasteiger partial charge is 0.259 e. The van der Waals surface area contributed by atoms with Gasteiger partial charge in [-0.1, -0.05) is 66.7 Å². The summed E-state index contributed by atoms with van der Waals surface area (Å²) in [5, 5.41) is 15.9. The molecule has 7 heteroatoms. The number of nitrogens with zero attached hydrogens (tertiary/aromatic N) is 4. The first-order valence-corrected chi connectivity index (χ1v) is 12.3. The summed E-state index contributed by atoms with van der Waals surface area (Å²) in [4.78, 5) is 19.5. The van der Waals surface area contributed by atoms with Gasteiger partial charge in [-0.05, 0) is 34.9 Å². The Bertz CT molecular complexity index is 1500. The Hall–Kier alpha value is -4.49. The van der Waals surface area contributed by atoms with Crippen molar-refractivity contribution in [3.63, 3.8) is 0 Å². The molecular weight excluding hydrogens is 464 g/mol. The molecule has 1 atom stereocenters. The van der Waals surface area contributed by atoms with Gasteiger partial charge in [0.1, 0.15) is 17.9 Å². The molecule has 0 radical (unpaired) electrons. The molecule has 5 aromatic rings. The number of carbonyl (C=O) groups excluding carboxylic acids is 1. The third kappa shape index (κ3) is 4.45. The van der Waals surface area contributed by atoms with Gasteiger partial charge in [0.15, 0.2) is 5.65 Å². The van der Waals surface area contributed by atoms with Crippen molar-refractivity contribution in [2.24, 2.45) is 0 Å². The second kappa shape index (κ2) is 9.87. The molecule has 0 saturated carbocycles. The molecule has 0 spiro atoms. The van der Waals surface area contributed by atoms with E-state index in [1.807, 2.05) is 78.9 Å². The predicted molar refractivity (Wildman–Crippen MR) is 139 cm³/mol. The van der Waals surface area contributed by atoms with E-state index in [-0.39, 0.29) is 11.8 Å². The Balaban J connectivity index is 1.32. The molecule has 0 fully saturated rings. The molecule has 184 valence electrons. The molecule has 1 N–H and O–H groups in total. The molecule has 1 unspecified atom stereocenters. The van der Waals surface area contributed by atoms with Crippen LogP contribution in [0.5, 0.6) is 5.75 Å². The van der Waals surface area contributed by atoms with Crippen molar-refractivity contribution in [1.29, 1.82) is 0 Å². The maximum absolute atomic E-state index is 13.5. The number of benzene rings is 3. The number of fused-ring (bicyclic) bond motifs is 2. The van der Waals surface area contributed by atoms with E-state index in [0.29, 0.717) is 30.9 Å². The average molecular weight is 491 g/mol. The third-order valence-electron chi connectivity index (χ3n) is 6.84. The molecule has 1 aliphatic heterocycles. The summed E-state index contributed by atoms with van der Waals surface area (Å²) >= 11 is 0. The average Bonchev–Trinajstić information content (AvgIpc) is 3.26. The van der Waals surface area contributed by atoms with Gasteiger partial charge in [0.2, 0.25) is 0 Å². The van der Waals surface area contributed by atoms with Crippen LogP contribution < -0.4 is 4.74 Å². The molecule has 1 amide bonds. The summed E-state index contributed by atoms with van der Waals surface area (Å²) in [5.74, 6) is 0.331. The summed E-state index contributed by atoms with van der Waals surface area (Å²) in [6.07, 6.45) is 4.19. The fourth-order valence-corrected chi connectivity index (χ4v) is 4.99. The number of hydrogen-bond acceptors (Lipinski definition) is 5. The standard InChI is InChI=1S/C30H26N4O3/c35-28(27(21-8-3-1-4-9-21)22-10-5-2-6-11-22)23-12-13-26-24(18-23)20-33(16-17-37-26)30(36)25-19-32-34-15-7-14-31-29(25)34/h1-15,18-19,27-28,35H,16-17,20H2. The molecule has 3 aromatic carbocycles. The third-order valence-corrected chi connectivity index (χ3v) is 6.84. The van der Waals surface area contributed by atoms with Crippen LogP contribution in [0, 0.1) is 0 Å². The highest BCUT2D eigenvalue weighted by molar-refractivity contribution is 5.99. The second-order valence-corrected chi connectivity index (χ2v) is 9.13. The monoisotopic (exact) mass is 490 g/mol. The van der Waals surface area contributed by atoms with Crippen LogP contribution >= 0.6 is 0 Å². The van der Waals surface area contributed by atoms with Gasteiger partial charge in [-0.25, -0.2) is 9.50 Å². The molecule has 2 aromatic heterocycles. The maximum atomic E-state index is 13.5. The number of aliphatic hydroxyl groups is 1. The number of amides is 1. The van der Waals surface area contributed by atoms with E-state index in [0.717, 1.165) is 28.0 Å². The van der Waals surface area contributed by atoms with Gasteiger partial charge in [-0.3, -0.25) is 4.79 Å². The van der Waals surface area contributed by atoms with Crippen LogP contribution in [0.3, 0.4) is 0 Å². The molecule has 37 heavy (non-hydrogen) atoms. The Labute approximate surface area is 214 Å². The molecule has 0 aliphatic carbocycles. The summed E-state index contributed by atoms with van der Waals surface area (Å²) in [7, 11) is 0. The highest BCUT2D eigenvalue weighted by atomic mass is 16.5. The molecule has 0 bridgehead atoms. The van der Waals surface area contributed by atoms with Gasteiger partial charge in [-0.2, -0.15) is 5.10 Å². The largest absolute Gasteiger partial charge is 0.491 e. The van der Waals surface area contributed by atoms with Gasteiger partial charge in [0.05, 0.1) is 18.8 Å². The number of rotatable bonds is 5. The van der Waals surface area contributed by atoms with E-state index in [2.05, 4.69) is 10.1 Å². The fourth-order valence-electron chi connectivity index (χ4n) is 4.99. The van der Waals surface area contributed by atoms with Crippen molar-refractivity contribution >= 4 is 11.6 Å². The Kier molecular flexibility index (Phi) is 6.12. The normalized spacial score (nSPS) is 14.2. The van der Waals surface area contributed by atoms with E-state index < -0.39 is 6.10 Å². The topological polar surface area (TPSA) is 80.0 Å². The van der Waals surface area contributed by atoms with Crippen LogP contribution in [0.15, 0.2) is 104 Å². The van der Waals surface area contributed by atoms with Crippen LogP contribution in [0.4, 0.5) is 0 Å². The number of aliphatic hydroxyl groups excluding tert-OH is 1. The SMILES string of the molecule is O=C(c1cnn2cccnc12)N1CCOc2ccc(C(O)C(c3ccccc3)c3ccccc3)cc2C1. The molecule has 3 heterocycles. The van der Waals surface area contributed by atoms with Crippen molar-refractivity contribution in [3.05, 3.63) is 131 Å². The minimum Gasteiger partial charge on any atom is -0.491 e. The Morgan fingerprint density at radius 3 is 2.38 bits per heavy atom. The van der Waals surface area contributed by atoms with Gasteiger partial charge >= 0.3 is 0 Å². The van der Waals surface area contributed by atoms with Crippen LogP contribution in [-0.4, -0.2) is 43.7 Å². The lowest BCUT2D eigenvalue weighted by atomic mass is 9.83. The lowest BCUT2D eigenvalue weighted by molar-refractivity contribution is 0.0735. The summed E-state index contributed by atoms with van der Waals surface area (Å²) in [5.41, 5.74) is 4.66.